The van der Waals surface area contributed by atoms with E-state index in [4.69, 9.17) is 11.6 Å². The Kier molecular flexibility index (Phi) is 4.65. The highest BCUT2D eigenvalue weighted by Gasteiger charge is 2.25. The molecule has 0 bridgehead atoms. The number of aryl methyl sites for hydroxylation is 1. The van der Waals surface area contributed by atoms with Crippen LogP contribution in [0.25, 0.3) is 0 Å². The standard InChI is InChI=1S/C15H20ClNO/c1-2-12(16)10-17-15(18)14-9-5-7-11-6-3-4-8-13(11)14/h3-4,6,8,12,14H,2,5,7,9-10H2,1H3,(H,17,18). The average molecular weight is 266 g/mol. The second-order valence-electron chi connectivity index (χ2n) is 4.89. The quantitative estimate of drug-likeness (QED) is 0.832. The molecule has 2 unspecified atom stereocenters. The smallest absolute Gasteiger partial charge is 0.227 e. The van der Waals surface area contributed by atoms with Gasteiger partial charge in [-0.15, -0.1) is 11.6 Å². The van der Waals surface area contributed by atoms with Crippen molar-refractivity contribution in [1.29, 1.82) is 0 Å². The molecule has 0 radical (unpaired) electrons. The van der Waals surface area contributed by atoms with E-state index in [9.17, 15) is 4.79 Å². The van der Waals surface area contributed by atoms with Gasteiger partial charge >= 0.3 is 0 Å². The fraction of sp³-hybridized carbons (Fsp3) is 0.533. The Bertz CT molecular complexity index is 419. The highest BCUT2D eigenvalue weighted by Crippen LogP contribution is 2.31. The minimum absolute atomic E-state index is 0.00988. The summed E-state index contributed by atoms with van der Waals surface area (Å²) >= 11 is 6.03. The number of benzene rings is 1. The molecule has 1 aliphatic carbocycles. The monoisotopic (exact) mass is 265 g/mol. The summed E-state index contributed by atoms with van der Waals surface area (Å²) < 4.78 is 0. The van der Waals surface area contributed by atoms with E-state index in [1.54, 1.807) is 0 Å². The molecular formula is C15H20ClNO. The first-order valence-corrected chi connectivity index (χ1v) is 7.15. The molecule has 98 valence electrons. The zero-order valence-electron chi connectivity index (χ0n) is 10.8. The minimum Gasteiger partial charge on any atom is -0.354 e. The van der Waals surface area contributed by atoms with Crippen LogP contribution in [-0.4, -0.2) is 17.8 Å². The minimum atomic E-state index is 0.00988. The number of alkyl halides is 1. The first-order valence-electron chi connectivity index (χ1n) is 6.72. The zero-order chi connectivity index (χ0) is 13.0. The summed E-state index contributed by atoms with van der Waals surface area (Å²) in [5.41, 5.74) is 2.52. The third kappa shape index (κ3) is 3.05. The van der Waals surface area contributed by atoms with Crippen molar-refractivity contribution in [1.82, 2.24) is 5.32 Å². The lowest BCUT2D eigenvalue weighted by molar-refractivity contribution is -0.122. The van der Waals surface area contributed by atoms with E-state index in [1.165, 1.54) is 11.1 Å². The molecule has 3 heteroatoms. The number of fused-ring (bicyclic) bond motifs is 1. The van der Waals surface area contributed by atoms with Crippen molar-refractivity contribution in [3.05, 3.63) is 35.4 Å². The van der Waals surface area contributed by atoms with Gasteiger partial charge in [-0.25, -0.2) is 0 Å². The van der Waals surface area contributed by atoms with E-state index < -0.39 is 0 Å². The largest absolute Gasteiger partial charge is 0.354 e. The first kappa shape index (κ1) is 13.4. The molecule has 0 saturated heterocycles. The molecule has 1 aromatic rings. The molecule has 1 aromatic carbocycles. The van der Waals surface area contributed by atoms with Gasteiger partial charge in [-0.1, -0.05) is 31.2 Å². The van der Waals surface area contributed by atoms with Gasteiger partial charge < -0.3 is 5.32 Å². The number of nitrogens with one attached hydrogen (secondary N) is 1. The van der Waals surface area contributed by atoms with E-state index in [0.29, 0.717) is 6.54 Å². The van der Waals surface area contributed by atoms with Gasteiger partial charge in [0.1, 0.15) is 0 Å². The van der Waals surface area contributed by atoms with Crippen LogP contribution < -0.4 is 5.32 Å². The second kappa shape index (κ2) is 6.24. The molecule has 2 atom stereocenters. The Morgan fingerprint density at radius 1 is 1.50 bits per heavy atom. The number of amides is 1. The summed E-state index contributed by atoms with van der Waals surface area (Å²) in [6.45, 7) is 2.59. The van der Waals surface area contributed by atoms with Crippen molar-refractivity contribution in [3.63, 3.8) is 0 Å². The molecule has 1 N–H and O–H groups in total. The van der Waals surface area contributed by atoms with Crippen LogP contribution in [0.15, 0.2) is 24.3 Å². The third-order valence-electron chi connectivity index (χ3n) is 3.63. The highest BCUT2D eigenvalue weighted by atomic mass is 35.5. The van der Waals surface area contributed by atoms with E-state index in [1.807, 2.05) is 19.1 Å². The predicted octanol–water partition coefficient (Wildman–Crippen LogP) is 3.24. The van der Waals surface area contributed by atoms with E-state index in [-0.39, 0.29) is 17.2 Å². The molecule has 1 amide bonds. The molecule has 18 heavy (non-hydrogen) atoms. The van der Waals surface area contributed by atoms with Crippen molar-refractivity contribution in [2.75, 3.05) is 6.54 Å². The summed E-state index contributed by atoms with van der Waals surface area (Å²) in [6.07, 6.45) is 4.01. The maximum Gasteiger partial charge on any atom is 0.227 e. The van der Waals surface area contributed by atoms with Gasteiger partial charge in [-0.2, -0.15) is 0 Å². The van der Waals surface area contributed by atoms with Crippen molar-refractivity contribution in [2.45, 2.75) is 43.9 Å². The number of hydrogen-bond acceptors (Lipinski definition) is 1. The average Bonchev–Trinajstić information content (AvgIpc) is 2.43. The molecule has 0 heterocycles. The fourth-order valence-electron chi connectivity index (χ4n) is 2.51. The van der Waals surface area contributed by atoms with Gasteiger partial charge in [-0.05, 0) is 36.8 Å². The van der Waals surface area contributed by atoms with Crippen LogP contribution >= 0.6 is 11.6 Å². The van der Waals surface area contributed by atoms with Gasteiger partial charge in [-0.3, -0.25) is 4.79 Å². The normalized spacial score (nSPS) is 20.0. The van der Waals surface area contributed by atoms with Crippen molar-refractivity contribution < 1.29 is 4.79 Å². The molecule has 2 rings (SSSR count). The van der Waals surface area contributed by atoms with Gasteiger partial charge in [0, 0.05) is 6.54 Å². The van der Waals surface area contributed by atoms with Crippen LogP contribution in [0.3, 0.4) is 0 Å². The Hall–Kier alpha value is -1.02. The Morgan fingerprint density at radius 3 is 3.06 bits per heavy atom. The molecule has 1 aliphatic rings. The molecule has 0 saturated carbocycles. The molecule has 0 aliphatic heterocycles. The lowest BCUT2D eigenvalue weighted by atomic mass is 9.82. The number of carbonyl (C=O) groups excluding carboxylic acids is 1. The lowest BCUT2D eigenvalue weighted by Gasteiger charge is -2.25. The SMILES string of the molecule is CCC(Cl)CNC(=O)C1CCCc2ccccc21. The Balaban J connectivity index is 2.04. The van der Waals surface area contributed by atoms with Crippen LogP contribution in [0.5, 0.6) is 0 Å². The molecule has 0 fully saturated rings. The van der Waals surface area contributed by atoms with Gasteiger partial charge in [0.25, 0.3) is 0 Å². The molecule has 0 aromatic heterocycles. The maximum absolute atomic E-state index is 12.2. The third-order valence-corrected chi connectivity index (χ3v) is 4.09. The fourth-order valence-corrected chi connectivity index (χ4v) is 2.58. The maximum atomic E-state index is 12.2. The van der Waals surface area contributed by atoms with Gasteiger partial charge in [0.2, 0.25) is 5.91 Å². The number of rotatable bonds is 4. The van der Waals surface area contributed by atoms with Crippen LogP contribution in [0.2, 0.25) is 0 Å². The van der Waals surface area contributed by atoms with Crippen LogP contribution in [0.4, 0.5) is 0 Å². The van der Waals surface area contributed by atoms with Crippen LogP contribution in [0, 0.1) is 0 Å². The molecule has 2 nitrogen and oxygen atoms in total. The van der Waals surface area contributed by atoms with E-state index >= 15 is 0 Å². The summed E-state index contributed by atoms with van der Waals surface area (Å²) in [4.78, 5) is 12.2. The number of carbonyl (C=O) groups is 1. The number of hydrogen-bond donors (Lipinski definition) is 1. The van der Waals surface area contributed by atoms with E-state index in [0.717, 1.165) is 25.7 Å². The second-order valence-corrected chi connectivity index (χ2v) is 5.51. The first-order chi connectivity index (χ1) is 8.72. The Morgan fingerprint density at radius 2 is 2.28 bits per heavy atom. The van der Waals surface area contributed by atoms with Gasteiger partial charge in [0.05, 0.1) is 11.3 Å². The summed E-state index contributed by atoms with van der Waals surface area (Å²) in [7, 11) is 0. The zero-order valence-corrected chi connectivity index (χ0v) is 11.5. The van der Waals surface area contributed by atoms with E-state index in [2.05, 4.69) is 17.4 Å². The summed E-state index contributed by atoms with van der Waals surface area (Å²) in [5, 5.41) is 3.01. The van der Waals surface area contributed by atoms with Gasteiger partial charge in [0.15, 0.2) is 0 Å². The summed E-state index contributed by atoms with van der Waals surface area (Å²) in [5.74, 6) is 0.136. The van der Waals surface area contributed by atoms with Crippen LogP contribution in [-0.2, 0) is 11.2 Å². The highest BCUT2D eigenvalue weighted by molar-refractivity contribution is 6.20. The summed E-state index contributed by atoms with van der Waals surface area (Å²) in [6, 6.07) is 8.27. The predicted molar refractivity (Wildman–Crippen MR) is 75.1 cm³/mol. The van der Waals surface area contributed by atoms with Crippen LogP contribution in [0.1, 0.15) is 43.2 Å². The molecular weight excluding hydrogens is 246 g/mol. The number of halogens is 1. The molecule has 0 spiro atoms. The Labute approximate surface area is 114 Å². The topological polar surface area (TPSA) is 29.1 Å². The van der Waals surface area contributed by atoms with Crippen molar-refractivity contribution in [3.8, 4) is 0 Å². The lowest BCUT2D eigenvalue weighted by Crippen LogP contribution is -2.35. The van der Waals surface area contributed by atoms with Crippen molar-refractivity contribution in [2.24, 2.45) is 0 Å². The van der Waals surface area contributed by atoms with Crippen molar-refractivity contribution >= 4 is 17.5 Å².